The molecule has 0 atom stereocenters. The second-order valence-corrected chi connectivity index (χ2v) is 5.53. The molecule has 0 N–H and O–H groups in total. The van der Waals surface area contributed by atoms with Gasteiger partial charge in [0.25, 0.3) is 0 Å². The molecule has 64 valence electrons. The molecule has 0 aromatic heterocycles. The molecule has 1 heterocycles. The van der Waals surface area contributed by atoms with Crippen molar-refractivity contribution in [3.05, 3.63) is 11.6 Å². The maximum atomic E-state index is 11.0. The fraction of sp³-hybridized carbons (Fsp3) is 0.750. The van der Waals surface area contributed by atoms with Crippen molar-refractivity contribution < 1.29 is 8.42 Å². The van der Waals surface area contributed by atoms with E-state index in [0.717, 1.165) is 6.42 Å². The fourth-order valence-corrected chi connectivity index (χ4v) is 2.40. The van der Waals surface area contributed by atoms with Crippen molar-refractivity contribution in [3.8, 4) is 0 Å². The van der Waals surface area contributed by atoms with Gasteiger partial charge in [-0.15, -0.1) is 0 Å². The van der Waals surface area contributed by atoms with Crippen LogP contribution >= 0.6 is 0 Å². The molecule has 0 aromatic rings. The van der Waals surface area contributed by atoms with Crippen molar-refractivity contribution in [2.45, 2.75) is 20.3 Å². The second-order valence-electron chi connectivity index (χ2n) is 3.30. The molecule has 0 fully saturated rings. The molecular weight excluding hydrogens is 160 g/mol. The van der Waals surface area contributed by atoms with Gasteiger partial charge in [-0.05, 0) is 12.3 Å². The monoisotopic (exact) mass is 174 g/mol. The third kappa shape index (κ3) is 2.33. The molecule has 0 aliphatic carbocycles. The number of hydrogen-bond acceptors (Lipinski definition) is 2. The number of hydrogen-bond donors (Lipinski definition) is 0. The SMILES string of the molecule is CC(C)C1=CCS(=O)(=O)CC1. The van der Waals surface area contributed by atoms with Crippen LogP contribution in [0.4, 0.5) is 0 Å². The van der Waals surface area contributed by atoms with Gasteiger partial charge in [0.15, 0.2) is 9.84 Å². The van der Waals surface area contributed by atoms with Crippen LogP contribution in [-0.4, -0.2) is 19.9 Å². The van der Waals surface area contributed by atoms with Crippen LogP contribution in [0.5, 0.6) is 0 Å². The minimum absolute atomic E-state index is 0.251. The van der Waals surface area contributed by atoms with Gasteiger partial charge in [-0.25, -0.2) is 8.42 Å². The van der Waals surface area contributed by atoms with Crippen LogP contribution < -0.4 is 0 Å². The lowest BCUT2D eigenvalue weighted by Gasteiger charge is -2.15. The Morgan fingerprint density at radius 2 is 2.09 bits per heavy atom. The van der Waals surface area contributed by atoms with Crippen molar-refractivity contribution >= 4 is 9.84 Å². The molecule has 0 unspecified atom stereocenters. The third-order valence-electron chi connectivity index (χ3n) is 2.04. The quantitative estimate of drug-likeness (QED) is 0.563. The summed E-state index contributed by atoms with van der Waals surface area (Å²) >= 11 is 0. The Morgan fingerprint density at radius 3 is 2.45 bits per heavy atom. The summed E-state index contributed by atoms with van der Waals surface area (Å²) < 4.78 is 21.9. The zero-order chi connectivity index (χ0) is 8.48. The van der Waals surface area contributed by atoms with E-state index in [1.54, 1.807) is 0 Å². The lowest BCUT2D eigenvalue weighted by Crippen LogP contribution is -2.17. The zero-order valence-corrected chi connectivity index (χ0v) is 7.82. The molecule has 0 radical (unpaired) electrons. The molecule has 0 amide bonds. The average Bonchev–Trinajstić information content (AvgIpc) is 1.86. The van der Waals surface area contributed by atoms with E-state index >= 15 is 0 Å². The van der Waals surface area contributed by atoms with Crippen LogP contribution in [-0.2, 0) is 9.84 Å². The van der Waals surface area contributed by atoms with Gasteiger partial charge in [0, 0.05) is 0 Å². The van der Waals surface area contributed by atoms with Crippen LogP contribution in [0.15, 0.2) is 11.6 Å². The van der Waals surface area contributed by atoms with E-state index in [0.29, 0.717) is 11.7 Å². The normalized spacial score (nSPS) is 23.4. The number of rotatable bonds is 1. The number of sulfone groups is 1. The third-order valence-corrected chi connectivity index (χ3v) is 3.54. The maximum absolute atomic E-state index is 11.0. The zero-order valence-electron chi connectivity index (χ0n) is 7.00. The summed E-state index contributed by atoms with van der Waals surface area (Å²) in [6.45, 7) is 4.20. The lowest BCUT2D eigenvalue weighted by molar-refractivity contribution is 0.592. The molecule has 3 heteroatoms. The summed E-state index contributed by atoms with van der Waals surface area (Å²) in [5.74, 6) is 1.10. The summed E-state index contributed by atoms with van der Waals surface area (Å²) in [5, 5.41) is 0. The molecule has 0 spiro atoms. The van der Waals surface area contributed by atoms with E-state index in [4.69, 9.17) is 0 Å². The van der Waals surface area contributed by atoms with Gasteiger partial charge in [0.1, 0.15) is 0 Å². The van der Waals surface area contributed by atoms with Crippen molar-refractivity contribution in [2.75, 3.05) is 11.5 Å². The molecule has 11 heavy (non-hydrogen) atoms. The van der Waals surface area contributed by atoms with Crippen LogP contribution in [0.1, 0.15) is 20.3 Å². The Kier molecular flexibility index (Phi) is 2.37. The minimum atomic E-state index is -2.73. The Labute approximate surface area is 68.2 Å². The summed E-state index contributed by atoms with van der Waals surface area (Å²) in [7, 11) is -2.73. The Hall–Kier alpha value is -0.310. The van der Waals surface area contributed by atoms with Gasteiger partial charge in [0.05, 0.1) is 11.5 Å². The smallest absolute Gasteiger partial charge is 0.154 e. The highest BCUT2D eigenvalue weighted by atomic mass is 32.2. The molecule has 1 rings (SSSR count). The van der Waals surface area contributed by atoms with E-state index in [-0.39, 0.29) is 5.75 Å². The van der Waals surface area contributed by atoms with Gasteiger partial charge < -0.3 is 0 Å². The first-order valence-electron chi connectivity index (χ1n) is 3.90. The van der Waals surface area contributed by atoms with Crippen LogP contribution in [0.25, 0.3) is 0 Å². The minimum Gasteiger partial charge on any atom is -0.229 e. The summed E-state index contributed by atoms with van der Waals surface area (Å²) in [5.41, 5.74) is 1.29. The molecule has 0 bridgehead atoms. The second kappa shape index (κ2) is 2.97. The van der Waals surface area contributed by atoms with E-state index < -0.39 is 9.84 Å². The van der Waals surface area contributed by atoms with Gasteiger partial charge in [-0.2, -0.15) is 0 Å². The topological polar surface area (TPSA) is 34.1 Å². The molecule has 2 nitrogen and oxygen atoms in total. The highest BCUT2D eigenvalue weighted by molar-refractivity contribution is 7.91. The summed E-state index contributed by atoms with van der Waals surface area (Å²) in [4.78, 5) is 0. The van der Waals surface area contributed by atoms with E-state index in [2.05, 4.69) is 13.8 Å². The van der Waals surface area contributed by atoms with E-state index in [1.807, 2.05) is 6.08 Å². The standard InChI is InChI=1S/C8H14O2S/c1-7(2)8-3-5-11(9,10)6-4-8/h3,7H,4-6H2,1-2H3. The number of allylic oxidation sites excluding steroid dienone is 1. The first-order valence-corrected chi connectivity index (χ1v) is 5.73. The Balaban J connectivity index is 2.73. The molecule has 0 aromatic carbocycles. The molecule has 0 saturated carbocycles. The largest absolute Gasteiger partial charge is 0.229 e. The van der Waals surface area contributed by atoms with E-state index in [9.17, 15) is 8.42 Å². The van der Waals surface area contributed by atoms with Gasteiger partial charge in [-0.1, -0.05) is 25.5 Å². The summed E-state index contributed by atoms with van der Waals surface area (Å²) in [6, 6.07) is 0. The van der Waals surface area contributed by atoms with Gasteiger partial charge in [0.2, 0.25) is 0 Å². The predicted octanol–water partition coefficient (Wildman–Crippen LogP) is 1.39. The lowest BCUT2D eigenvalue weighted by atomic mass is 10.0. The molecule has 1 aliphatic rings. The Bertz CT molecular complexity index is 260. The van der Waals surface area contributed by atoms with Crippen LogP contribution in [0, 0.1) is 5.92 Å². The van der Waals surface area contributed by atoms with Crippen LogP contribution in [0.3, 0.4) is 0 Å². The van der Waals surface area contributed by atoms with Gasteiger partial charge in [-0.3, -0.25) is 0 Å². The van der Waals surface area contributed by atoms with E-state index in [1.165, 1.54) is 5.57 Å². The predicted molar refractivity (Wildman–Crippen MR) is 46.2 cm³/mol. The first-order chi connectivity index (χ1) is 5.01. The fourth-order valence-electron chi connectivity index (χ4n) is 1.22. The maximum Gasteiger partial charge on any atom is 0.154 e. The molecule has 0 saturated heterocycles. The molecule has 1 aliphatic heterocycles. The van der Waals surface area contributed by atoms with Gasteiger partial charge >= 0.3 is 0 Å². The van der Waals surface area contributed by atoms with Crippen molar-refractivity contribution in [1.82, 2.24) is 0 Å². The molecular formula is C8H14O2S. The van der Waals surface area contributed by atoms with Crippen molar-refractivity contribution in [1.29, 1.82) is 0 Å². The van der Waals surface area contributed by atoms with Crippen molar-refractivity contribution in [3.63, 3.8) is 0 Å². The van der Waals surface area contributed by atoms with Crippen molar-refractivity contribution in [2.24, 2.45) is 5.92 Å². The Morgan fingerprint density at radius 1 is 1.45 bits per heavy atom. The highest BCUT2D eigenvalue weighted by Gasteiger charge is 2.17. The van der Waals surface area contributed by atoms with Crippen LogP contribution in [0.2, 0.25) is 0 Å². The summed E-state index contributed by atoms with van der Waals surface area (Å²) in [6.07, 6.45) is 2.60. The average molecular weight is 174 g/mol. The first kappa shape index (κ1) is 8.78. The highest BCUT2D eigenvalue weighted by Crippen LogP contribution is 2.19.